The highest BCUT2D eigenvalue weighted by atomic mass is 32.1. The van der Waals surface area contributed by atoms with Crippen LogP contribution in [-0.4, -0.2) is 37.0 Å². The van der Waals surface area contributed by atoms with Gasteiger partial charge in [-0.2, -0.15) is 0 Å². The third-order valence-electron chi connectivity index (χ3n) is 5.44. The highest BCUT2D eigenvalue weighted by Crippen LogP contribution is 2.31. The fourth-order valence-corrected chi connectivity index (χ4v) is 5.04. The van der Waals surface area contributed by atoms with E-state index >= 15 is 0 Å². The van der Waals surface area contributed by atoms with Crippen molar-refractivity contribution in [1.29, 1.82) is 0 Å². The van der Waals surface area contributed by atoms with E-state index in [-0.39, 0.29) is 5.91 Å². The van der Waals surface area contributed by atoms with Crippen LogP contribution in [0.25, 0.3) is 0 Å². The Morgan fingerprint density at radius 2 is 1.88 bits per heavy atom. The van der Waals surface area contributed by atoms with Crippen LogP contribution in [0.15, 0.2) is 24.3 Å². The van der Waals surface area contributed by atoms with Gasteiger partial charge in [0.25, 0.3) is 5.91 Å². The Bertz CT molecular complexity index is 750. The summed E-state index contributed by atoms with van der Waals surface area (Å²) in [5, 5.41) is 0. The van der Waals surface area contributed by atoms with Gasteiger partial charge in [-0.05, 0) is 61.9 Å². The predicted octanol–water partition coefficient (Wildman–Crippen LogP) is 3.82. The first-order valence-corrected chi connectivity index (χ1v) is 9.67. The quantitative estimate of drug-likeness (QED) is 0.830. The number of rotatable bonds is 2. The molecule has 126 valence electrons. The van der Waals surface area contributed by atoms with Crippen molar-refractivity contribution in [2.75, 3.05) is 31.1 Å². The molecule has 1 aromatic heterocycles. The molecule has 24 heavy (non-hydrogen) atoms. The highest BCUT2D eigenvalue weighted by molar-refractivity contribution is 7.14. The Morgan fingerprint density at radius 1 is 1.08 bits per heavy atom. The SMILES string of the molecule is Cc1cccc(N2CCN(C(=O)c3cc4c(s3)CCC4)CC2)c1C. The number of thiophene rings is 1. The van der Waals surface area contributed by atoms with Gasteiger partial charge in [-0.15, -0.1) is 11.3 Å². The number of benzene rings is 1. The summed E-state index contributed by atoms with van der Waals surface area (Å²) in [6, 6.07) is 8.63. The second-order valence-electron chi connectivity index (χ2n) is 6.91. The molecule has 1 amide bonds. The second-order valence-corrected chi connectivity index (χ2v) is 8.05. The molecular weight excluding hydrogens is 316 g/mol. The number of nitrogens with zero attached hydrogens (tertiary/aromatic N) is 2. The topological polar surface area (TPSA) is 23.6 Å². The lowest BCUT2D eigenvalue weighted by Crippen LogP contribution is -2.48. The number of carbonyl (C=O) groups excluding carboxylic acids is 1. The van der Waals surface area contributed by atoms with Crippen molar-refractivity contribution in [3.05, 3.63) is 50.7 Å². The minimum absolute atomic E-state index is 0.231. The third kappa shape index (κ3) is 2.73. The summed E-state index contributed by atoms with van der Waals surface area (Å²) in [5.74, 6) is 0.231. The van der Waals surface area contributed by atoms with Crippen molar-refractivity contribution in [1.82, 2.24) is 4.90 Å². The van der Waals surface area contributed by atoms with E-state index in [1.165, 1.54) is 33.7 Å². The van der Waals surface area contributed by atoms with Crippen molar-refractivity contribution in [3.63, 3.8) is 0 Å². The molecular formula is C20H24N2OS. The Balaban J connectivity index is 1.44. The van der Waals surface area contributed by atoms with Crippen molar-refractivity contribution >= 4 is 22.9 Å². The van der Waals surface area contributed by atoms with Crippen LogP contribution in [0.5, 0.6) is 0 Å². The molecule has 4 rings (SSSR count). The number of hydrogen-bond acceptors (Lipinski definition) is 3. The molecule has 2 heterocycles. The average Bonchev–Trinajstić information content (AvgIpc) is 3.19. The maximum atomic E-state index is 12.8. The average molecular weight is 340 g/mol. The number of anilines is 1. The van der Waals surface area contributed by atoms with Crippen LogP contribution in [0.1, 0.15) is 37.7 Å². The zero-order valence-electron chi connectivity index (χ0n) is 14.5. The Kier molecular flexibility index (Phi) is 4.09. The smallest absolute Gasteiger partial charge is 0.264 e. The number of fused-ring (bicyclic) bond motifs is 1. The summed E-state index contributed by atoms with van der Waals surface area (Å²) in [4.78, 5) is 19.6. The van der Waals surface area contributed by atoms with Crippen LogP contribution in [-0.2, 0) is 12.8 Å². The molecule has 2 aromatic rings. The molecule has 1 saturated heterocycles. The predicted molar refractivity (Wildman–Crippen MR) is 100 cm³/mol. The number of hydrogen-bond donors (Lipinski definition) is 0. The highest BCUT2D eigenvalue weighted by Gasteiger charge is 2.26. The third-order valence-corrected chi connectivity index (χ3v) is 6.67. The van der Waals surface area contributed by atoms with Gasteiger partial charge in [0.2, 0.25) is 0 Å². The van der Waals surface area contributed by atoms with Gasteiger partial charge in [0.05, 0.1) is 4.88 Å². The zero-order valence-corrected chi connectivity index (χ0v) is 15.3. The Labute approximate surface area is 147 Å². The number of carbonyl (C=O) groups is 1. The maximum Gasteiger partial charge on any atom is 0.264 e. The molecule has 0 bridgehead atoms. The molecule has 0 atom stereocenters. The van der Waals surface area contributed by atoms with Gasteiger partial charge in [-0.25, -0.2) is 0 Å². The van der Waals surface area contributed by atoms with Gasteiger partial charge in [0, 0.05) is 36.7 Å². The molecule has 4 heteroatoms. The minimum atomic E-state index is 0.231. The minimum Gasteiger partial charge on any atom is -0.368 e. The Morgan fingerprint density at radius 3 is 2.62 bits per heavy atom. The van der Waals surface area contributed by atoms with Gasteiger partial charge >= 0.3 is 0 Å². The fraction of sp³-hybridized carbons (Fsp3) is 0.450. The lowest BCUT2D eigenvalue weighted by Gasteiger charge is -2.37. The molecule has 1 fully saturated rings. The van der Waals surface area contributed by atoms with Gasteiger partial charge in [0.15, 0.2) is 0 Å². The van der Waals surface area contributed by atoms with Crippen LogP contribution in [0.2, 0.25) is 0 Å². The van der Waals surface area contributed by atoms with E-state index in [2.05, 4.69) is 43.0 Å². The summed E-state index contributed by atoms with van der Waals surface area (Å²) in [7, 11) is 0. The van der Waals surface area contributed by atoms with Crippen LogP contribution in [0.3, 0.4) is 0 Å². The first kappa shape index (κ1) is 15.7. The molecule has 1 aliphatic heterocycles. The van der Waals surface area contributed by atoms with Crippen LogP contribution in [0, 0.1) is 13.8 Å². The largest absolute Gasteiger partial charge is 0.368 e. The summed E-state index contributed by atoms with van der Waals surface area (Å²) >= 11 is 1.72. The second kappa shape index (κ2) is 6.25. The van der Waals surface area contributed by atoms with E-state index < -0.39 is 0 Å². The zero-order chi connectivity index (χ0) is 16.7. The lowest BCUT2D eigenvalue weighted by atomic mass is 10.1. The molecule has 3 nitrogen and oxygen atoms in total. The standard InChI is InChI=1S/C20H24N2OS/c1-14-5-3-7-17(15(14)2)21-9-11-22(12-10-21)20(23)19-13-16-6-4-8-18(16)24-19/h3,5,7,13H,4,6,8-12H2,1-2H3. The van der Waals surface area contributed by atoms with E-state index in [1.807, 2.05) is 4.90 Å². The summed E-state index contributed by atoms with van der Waals surface area (Å²) in [6.45, 7) is 7.82. The molecule has 0 saturated carbocycles. The fourth-order valence-electron chi connectivity index (χ4n) is 3.82. The van der Waals surface area contributed by atoms with E-state index in [1.54, 1.807) is 11.3 Å². The first-order valence-electron chi connectivity index (χ1n) is 8.85. The van der Waals surface area contributed by atoms with Gasteiger partial charge in [0.1, 0.15) is 0 Å². The number of piperazine rings is 1. The van der Waals surface area contributed by atoms with Crippen molar-refractivity contribution in [2.45, 2.75) is 33.1 Å². The molecule has 0 radical (unpaired) electrons. The first-order chi connectivity index (χ1) is 11.6. The van der Waals surface area contributed by atoms with Gasteiger partial charge in [-0.1, -0.05) is 12.1 Å². The molecule has 0 spiro atoms. The lowest BCUT2D eigenvalue weighted by molar-refractivity contribution is 0.0751. The van der Waals surface area contributed by atoms with Gasteiger partial charge in [-0.3, -0.25) is 4.79 Å². The Hall–Kier alpha value is -1.81. The van der Waals surface area contributed by atoms with Gasteiger partial charge < -0.3 is 9.80 Å². The molecule has 1 aromatic carbocycles. The van der Waals surface area contributed by atoms with E-state index in [0.29, 0.717) is 0 Å². The van der Waals surface area contributed by atoms with Crippen LogP contribution < -0.4 is 4.90 Å². The summed E-state index contributed by atoms with van der Waals surface area (Å²) < 4.78 is 0. The molecule has 1 aliphatic carbocycles. The number of amides is 1. The maximum absolute atomic E-state index is 12.8. The molecule has 0 unspecified atom stereocenters. The van der Waals surface area contributed by atoms with Crippen LogP contribution in [0.4, 0.5) is 5.69 Å². The molecule has 2 aliphatic rings. The van der Waals surface area contributed by atoms with E-state index in [0.717, 1.165) is 43.9 Å². The van der Waals surface area contributed by atoms with Crippen molar-refractivity contribution in [2.24, 2.45) is 0 Å². The van der Waals surface area contributed by atoms with Crippen LogP contribution >= 0.6 is 11.3 Å². The normalized spacial score (nSPS) is 17.2. The monoisotopic (exact) mass is 340 g/mol. The van der Waals surface area contributed by atoms with E-state index in [4.69, 9.17) is 0 Å². The summed E-state index contributed by atoms with van der Waals surface area (Å²) in [6.07, 6.45) is 3.57. The van der Waals surface area contributed by atoms with Crippen molar-refractivity contribution < 1.29 is 4.79 Å². The molecule has 0 N–H and O–H groups in total. The summed E-state index contributed by atoms with van der Waals surface area (Å²) in [5.41, 5.74) is 5.42. The van der Waals surface area contributed by atoms with E-state index in [9.17, 15) is 4.79 Å². The van der Waals surface area contributed by atoms with Crippen molar-refractivity contribution in [3.8, 4) is 0 Å². The number of aryl methyl sites for hydroxylation is 3.